The highest BCUT2D eigenvalue weighted by atomic mass is 16.5. The maximum atomic E-state index is 13.2. The zero-order valence-electron chi connectivity index (χ0n) is 26.2. The van der Waals surface area contributed by atoms with Crippen molar-refractivity contribution in [3.8, 4) is 34.5 Å². The van der Waals surface area contributed by atoms with E-state index in [1.54, 1.807) is 33.5 Å². The fourth-order valence-corrected chi connectivity index (χ4v) is 5.23. The van der Waals surface area contributed by atoms with Crippen LogP contribution < -0.4 is 33.7 Å². The van der Waals surface area contributed by atoms with Gasteiger partial charge in [-0.1, -0.05) is 12.1 Å². The summed E-state index contributed by atoms with van der Waals surface area (Å²) in [5, 5.41) is 2.93. The van der Waals surface area contributed by atoms with Crippen LogP contribution >= 0.6 is 0 Å². The molecule has 0 unspecified atom stereocenters. The Morgan fingerprint density at radius 2 is 1.11 bits per heavy atom. The van der Waals surface area contributed by atoms with Gasteiger partial charge in [-0.3, -0.25) is 14.5 Å². The summed E-state index contributed by atoms with van der Waals surface area (Å²) in [6.45, 7) is 3.80. The summed E-state index contributed by atoms with van der Waals surface area (Å²) in [6, 6.07) is 14.8. The van der Waals surface area contributed by atoms with Crippen molar-refractivity contribution in [3.05, 3.63) is 70.8 Å². The number of hydrogen-bond donors (Lipinski definition) is 1. The molecule has 1 aliphatic heterocycles. The lowest BCUT2D eigenvalue weighted by Gasteiger charge is -2.35. The molecule has 2 amide bonds. The van der Waals surface area contributed by atoms with E-state index in [1.165, 1.54) is 21.3 Å². The average molecular weight is 608 g/mol. The molecule has 1 fully saturated rings. The first-order valence-corrected chi connectivity index (χ1v) is 14.3. The van der Waals surface area contributed by atoms with Crippen LogP contribution in [0.25, 0.3) is 0 Å². The molecule has 0 bridgehead atoms. The second-order valence-corrected chi connectivity index (χ2v) is 10.3. The van der Waals surface area contributed by atoms with Crippen LogP contribution in [0.3, 0.4) is 0 Å². The van der Waals surface area contributed by atoms with Gasteiger partial charge in [-0.25, -0.2) is 0 Å². The van der Waals surface area contributed by atoms with Crippen LogP contribution in [0.2, 0.25) is 0 Å². The molecule has 11 nitrogen and oxygen atoms in total. The Morgan fingerprint density at radius 1 is 0.636 bits per heavy atom. The summed E-state index contributed by atoms with van der Waals surface area (Å²) in [7, 11) is 9.40. The number of piperazine rings is 1. The Labute approximate surface area is 258 Å². The van der Waals surface area contributed by atoms with E-state index in [2.05, 4.69) is 10.2 Å². The summed E-state index contributed by atoms with van der Waals surface area (Å²) < 4.78 is 32.5. The van der Waals surface area contributed by atoms with Gasteiger partial charge >= 0.3 is 0 Å². The maximum Gasteiger partial charge on any atom is 0.253 e. The van der Waals surface area contributed by atoms with Gasteiger partial charge in [0.05, 0.1) is 49.1 Å². The monoisotopic (exact) mass is 607 g/mol. The van der Waals surface area contributed by atoms with Crippen molar-refractivity contribution >= 4 is 11.8 Å². The largest absolute Gasteiger partial charge is 0.493 e. The third-order valence-corrected chi connectivity index (χ3v) is 7.57. The lowest BCUT2D eigenvalue weighted by molar-refractivity contribution is -0.120. The van der Waals surface area contributed by atoms with Crippen molar-refractivity contribution in [2.24, 2.45) is 0 Å². The molecule has 1 saturated heterocycles. The number of nitrogens with one attached hydrogen (secondary N) is 1. The molecule has 3 aromatic rings. The second kappa shape index (κ2) is 15.2. The third kappa shape index (κ3) is 7.65. The lowest BCUT2D eigenvalue weighted by atomic mass is 10.1. The molecule has 0 saturated carbocycles. The molecule has 1 N–H and O–H groups in total. The van der Waals surface area contributed by atoms with Gasteiger partial charge in [0.25, 0.3) is 5.91 Å². The van der Waals surface area contributed by atoms with E-state index in [0.717, 1.165) is 29.8 Å². The summed E-state index contributed by atoms with van der Waals surface area (Å²) in [4.78, 5) is 30.0. The molecule has 0 spiro atoms. The Morgan fingerprint density at radius 3 is 1.57 bits per heavy atom. The van der Waals surface area contributed by atoms with Crippen molar-refractivity contribution in [3.63, 3.8) is 0 Å². The van der Waals surface area contributed by atoms with Crippen LogP contribution in [0.1, 0.15) is 27.0 Å². The molecule has 0 aromatic heterocycles. The summed E-state index contributed by atoms with van der Waals surface area (Å²) >= 11 is 0. The van der Waals surface area contributed by atoms with Gasteiger partial charge in [-0.2, -0.15) is 0 Å². The molecule has 4 rings (SSSR count). The Hall–Kier alpha value is -4.64. The van der Waals surface area contributed by atoms with E-state index < -0.39 is 0 Å². The average Bonchev–Trinajstić information content (AvgIpc) is 3.06. The van der Waals surface area contributed by atoms with Crippen molar-refractivity contribution < 1.29 is 38.0 Å². The number of benzene rings is 3. The smallest absolute Gasteiger partial charge is 0.253 e. The van der Waals surface area contributed by atoms with Gasteiger partial charge in [0.2, 0.25) is 17.4 Å². The topological polar surface area (TPSA) is 108 Å². The van der Waals surface area contributed by atoms with Crippen molar-refractivity contribution in [1.29, 1.82) is 0 Å². The number of amides is 2. The zero-order chi connectivity index (χ0) is 31.6. The SMILES string of the molecule is COc1cc(CC(=O)NCc2ccc(C(=O)N3CCN(Cc4cc(OC)c(OC)c(OC)c4)CC3)cc2)cc(OC)c1OC. The summed E-state index contributed by atoms with van der Waals surface area (Å²) in [6.07, 6.45) is 0.152. The van der Waals surface area contributed by atoms with Crippen LogP contribution in [0.15, 0.2) is 48.5 Å². The van der Waals surface area contributed by atoms with Crippen LogP contribution in [-0.4, -0.2) is 90.5 Å². The van der Waals surface area contributed by atoms with Gasteiger partial charge in [-0.15, -0.1) is 0 Å². The van der Waals surface area contributed by atoms with Crippen LogP contribution in [-0.2, 0) is 24.3 Å². The van der Waals surface area contributed by atoms with Gasteiger partial charge in [0, 0.05) is 44.8 Å². The van der Waals surface area contributed by atoms with E-state index in [4.69, 9.17) is 28.4 Å². The van der Waals surface area contributed by atoms with Gasteiger partial charge in [0.1, 0.15) is 0 Å². The minimum atomic E-state index is -0.149. The quantitative estimate of drug-likeness (QED) is 0.312. The predicted molar refractivity (Wildman–Crippen MR) is 165 cm³/mol. The first-order valence-electron chi connectivity index (χ1n) is 14.3. The summed E-state index contributed by atoms with van der Waals surface area (Å²) in [5.74, 6) is 3.13. The molecule has 1 aliphatic rings. The standard InChI is InChI=1S/C33H41N3O8/c1-39-26-15-23(16-27(40-2)31(26)43-5)19-30(37)34-20-22-7-9-25(10-8-22)33(38)36-13-11-35(12-14-36)21-24-17-28(41-3)32(44-6)29(18-24)42-4/h7-10,15-18H,11-14,19-21H2,1-6H3,(H,34,37). The molecule has 0 atom stereocenters. The highest BCUT2D eigenvalue weighted by Gasteiger charge is 2.23. The van der Waals surface area contributed by atoms with E-state index in [-0.39, 0.29) is 18.2 Å². The number of hydrogen-bond acceptors (Lipinski definition) is 9. The Balaban J connectivity index is 1.27. The van der Waals surface area contributed by atoms with Crippen molar-refractivity contribution in [2.45, 2.75) is 19.5 Å². The fraction of sp³-hybridized carbons (Fsp3) is 0.394. The molecular weight excluding hydrogens is 566 g/mol. The van der Waals surface area contributed by atoms with Crippen LogP contribution in [0, 0.1) is 0 Å². The fourth-order valence-electron chi connectivity index (χ4n) is 5.23. The predicted octanol–water partition coefficient (Wildman–Crippen LogP) is 3.56. The van der Waals surface area contributed by atoms with E-state index in [9.17, 15) is 9.59 Å². The van der Waals surface area contributed by atoms with Gasteiger partial charge < -0.3 is 38.6 Å². The zero-order valence-corrected chi connectivity index (χ0v) is 26.2. The molecule has 1 heterocycles. The first-order chi connectivity index (χ1) is 21.3. The minimum absolute atomic E-state index is 0.00424. The molecule has 0 aliphatic carbocycles. The molecule has 236 valence electrons. The molecule has 0 radical (unpaired) electrons. The van der Waals surface area contributed by atoms with E-state index in [1.807, 2.05) is 41.3 Å². The molecule has 44 heavy (non-hydrogen) atoms. The van der Waals surface area contributed by atoms with E-state index >= 15 is 0 Å². The number of ether oxygens (including phenoxy) is 6. The number of rotatable bonds is 13. The summed E-state index contributed by atoms with van der Waals surface area (Å²) in [5.41, 5.74) is 3.30. The van der Waals surface area contributed by atoms with Gasteiger partial charge in [-0.05, 0) is 53.1 Å². The second-order valence-electron chi connectivity index (χ2n) is 10.3. The minimum Gasteiger partial charge on any atom is -0.493 e. The van der Waals surface area contributed by atoms with E-state index in [0.29, 0.717) is 66.2 Å². The number of methoxy groups -OCH3 is 6. The van der Waals surface area contributed by atoms with Crippen LogP contribution in [0.4, 0.5) is 0 Å². The molecule has 11 heteroatoms. The Kier molecular flexibility index (Phi) is 11.1. The number of nitrogens with zero attached hydrogens (tertiary/aromatic N) is 2. The highest BCUT2D eigenvalue weighted by Crippen LogP contribution is 2.39. The van der Waals surface area contributed by atoms with Gasteiger partial charge in [0.15, 0.2) is 23.0 Å². The van der Waals surface area contributed by atoms with Crippen molar-refractivity contribution in [2.75, 3.05) is 68.8 Å². The normalized spacial score (nSPS) is 13.2. The third-order valence-electron chi connectivity index (χ3n) is 7.57. The highest BCUT2D eigenvalue weighted by molar-refractivity contribution is 5.94. The van der Waals surface area contributed by atoms with Crippen molar-refractivity contribution in [1.82, 2.24) is 15.1 Å². The first kappa shape index (κ1) is 32.3. The molecule has 3 aromatic carbocycles. The van der Waals surface area contributed by atoms with Crippen LogP contribution in [0.5, 0.6) is 34.5 Å². The number of carbonyl (C=O) groups is 2. The Bertz CT molecular complexity index is 1390. The number of carbonyl (C=O) groups excluding carboxylic acids is 2. The lowest BCUT2D eigenvalue weighted by Crippen LogP contribution is -2.48. The maximum absolute atomic E-state index is 13.2. The molecular formula is C33H41N3O8.